The summed E-state index contributed by atoms with van der Waals surface area (Å²) in [5, 5.41) is 25.1. The lowest BCUT2D eigenvalue weighted by Gasteiger charge is -2.01. The molecule has 0 amide bonds. The molecule has 0 bridgehead atoms. The van der Waals surface area contributed by atoms with E-state index >= 15 is 0 Å². The molecule has 0 fully saturated rings. The Kier molecular flexibility index (Phi) is 3.93. The molecular formula is C10H8N2O5. The number of aromatic carboxylic acids is 1. The molecule has 0 unspecified atom stereocenters. The zero-order valence-corrected chi connectivity index (χ0v) is 8.44. The maximum Gasteiger partial charge on any atom is 0.339 e. The molecule has 7 heteroatoms. The summed E-state index contributed by atoms with van der Waals surface area (Å²) >= 11 is 0. The highest BCUT2D eigenvalue weighted by atomic mass is 16.4. The fraction of sp³-hybridized carbons (Fsp3) is 0. The Labute approximate surface area is 95.0 Å². The van der Waals surface area contributed by atoms with Crippen LogP contribution in [0, 0.1) is 0 Å². The number of carboxylic acids is 1. The SMILES string of the molecule is O=C(O)c1ccc2nccnc2c1O.O=CO. The minimum Gasteiger partial charge on any atom is -0.505 e. The number of nitrogens with zero attached hydrogens (tertiary/aromatic N) is 2. The fourth-order valence-electron chi connectivity index (χ4n) is 1.19. The van der Waals surface area contributed by atoms with Gasteiger partial charge >= 0.3 is 5.97 Å². The van der Waals surface area contributed by atoms with E-state index < -0.39 is 5.97 Å². The van der Waals surface area contributed by atoms with Gasteiger partial charge < -0.3 is 15.3 Å². The quantitative estimate of drug-likeness (QED) is 0.624. The Balaban J connectivity index is 0.000000437. The van der Waals surface area contributed by atoms with Crippen LogP contribution in [0.15, 0.2) is 24.5 Å². The molecule has 0 atom stereocenters. The highest BCUT2D eigenvalue weighted by molar-refractivity contribution is 5.97. The first-order valence-electron chi connectivity index (χ1n) is 4.35. The van der Waals surface area contributed by atoms with Crippen LogP contribution in [0.1, 0.15) is 10.4 Å². The average Bonchev–Trinajstić information content (AvgIpc) is 2.30. The zero-order valence-electron chi connectivity index (χ0n) is 8.44. The van der Waals surface area contributed by atoms with Crippen LogP contribution in [0.4, 0.5) is 0 Å². The molecule has 0 aliphatic heterocycles. The monoisotopic (exact) mass is 236 g/mol. The third-order valence-corrected chi connectivity index (χ3v) is 1.84. The van der Waals surface area contributed by atoms with Crippen molar-refractivity contribution in [2.75, 3.05) is 0 Å². The van der Waals surface area contributed by atoms with Crippen molar-refractivity contribution in [1.29, 1.82) is 0 Å². The van der Waals surface area contributed by atoms with Crippen LogP contribution in [-0.4, -0.2) is 37.7 Å². The molecule has 0 saturated carbocycles. The van der Waals surface area contributed by atoms with Gasteiger partial charge in [0.2, 0.25) is 0 Å². The Hall–Kier alpha value is -2.70. The van der Waals surface area contributed by atoms with Gasteiger partial charge in [0.15, 0.2) is 5.75 Å². The first-order chi connectivity index (χ1) is 8.11. The summed E-state index contributed by atoms with van der Waals surface area (Å²) in [5.41, 5.74) is 0.500. The lowest BCUT2D eigenvalue weighted by Crippen LogP contribution is -1.97. The molecule has 1 aromatic carbocycles. The second-order valence-electron chi connectivity index (χ2n) is 2.80. The van der Waals surface area contributed by atoms with E-state index in [2.05, 4.69) is 9.97 Å². The summed E-state index contributed by atoms with van der Waals surface area (Å²) in [6.07, 6.45) is 2.87. The minimum absolute atomic E-state index is 0.169. The number of hydrogen-bond donors (Lipinski definition) is 3. The van der Waals surface area contributed by atoms with E-state index in [0.29, 0.717) is 5.52 Å². The summed E-state index contributed by atoms with van der Waals surface area (Å²) < 4.78 is 0. The summed E-state index contributed by atoms with van der Waals surface area (Å²) in [5.74, 6) is -1.53. The number of carbonyl (C=O) groups is 2. The highest BCUT2D eigenvalue weighted by Gasteiger charge is 2.13. The van der Waals surface area contributed by atoms with Gasteiger partial charge in [-0.05, 0) is 12.1 Å². The van der Waals surface area contributed by atoms with Crippen LogP contribution in [-0.2, 0) is 4.79 Å². The highest BCUT2D eigenvalue weighted by Crippen LogP contribution is 2.25. The average molecular weight is 236 g/mol. The molecule has 0 radical (unpaired) electrons. The van der Waals surface area contributed by atoms with Gasteiger partial charge in [0, 0.05) is 12.4 Å². The Morgan fingerprint density at radius 1 is 1.24 bits per heavy atom. The Bertz CT molecular complexity index is 555. The summed E-state index contributed by atoms with van der Waals surface area (Å²) in [6, 6.07) is 2.81. The van der Waals surface area contributed by atoms with Crippen molar-refractivity contribution in [1.82, 2.24) is 9.97 Å². The van der Waals surface area contributed by atoms with Crippen molar-refractivity contribution < 1.29 is 24.9 Å². The minimum atomic E-state index is -1.19. The van der Waals surface area contributed by atoms with Gasteiger partial charge in [-0.25, -0.2) is 9.78 Å². The van der Waals surface area contributed by atoms with Crippen LogP contribution >= 0.6 is 0 Å². The van der Waals surface area contributed by atoms with Gasteiger partial charge in [-0.1, -0.05) is 0 Å². The molecule has 1 aromatic heterocycles. The molecule has 7 nitrogen and oxygen atoms in total. The van der Waals surface area contributed by atoms with Gasteiger partial charge in [0.05, 0.1) is 5.52 Å². The molecule has 2 rings (SSSR count). The molecule has 1 heterocycles. The summed E-state index contributed by atoms with van der Waals surface area (Å²) in [7, 11) is 0. The van der Waals surface area contributed by atoms with Crippen molar-refractivity contribution in [3.63, 3.8) is 0 Å². The number of phenols is 1. The van der Waals surface area contributed by atoms with Crippen molar-refractivity contribution in [3.8, 4) is 5.75 Å². The molecule has 0 aliphatic rings. The number of fused-ring (bicyclic) bond motifs is 1. The Morgan fingerprint density at radius 2 is 1.82 bits per heavy atom. The van der Waals surface area contributed by atoms with E-state index in [1.54, 1.807) is 0 Å². The summed E-state index contributed by atoms with van der Waals surface area (Å²) in [6.45, 7) is -0.250. The van der Waals surface area contributed by atoms with E-state index in [1.165, 1.54) is 24.5 Å². The van der Waals surface area contributed by atoms with E-state index in [9.17, 15) is 9.90 Å². The maximum atomic E-state index is 10.7. The smallest absolute Gasteiger partial charge is 0.339 e. The number of aromatic hydroxyl groups is 1. The lowest BCUT2D eigenvalue weighted by molar-refractivity contribution is -0.122. The van der Waals surface area contributed by atoms with Crippen molar-refractivity contribution >= 4 is 23.5 Å². The zero-order chi connectivity index (χ0) is 12.8. The van der Waals surface area contributed by atoms with Gasteiger partial charge in [-0.2, -0.15) is 0 Å². The van der Waals surface area contributed by atoms with E-state index in [4.69, 9.17) is 15.0 Å². The Morgan fingerprint density at radius 3 is 2.41 bits per heavy atom. The number of hydrogen-bond acceptors (Lipinski definition) is 5. The molecule has 2 aromatic rings. The van der Waals surface area contributed by atoms with Crippen molar-refractivity contribution in [2.24, 2.45) is 0 Å². The molecule has 3 N–H and O–H groups in total. The fourth-order valence-corrected chi connectivity index (χ4v) is 1.19. The molecule has 0 saturated heterocycles. The third kappa shape index (κ3) is 2.65. The standard InChI is InChI=1S/C9H6N2O3.CH2O2/c12-8-5(9(13)14)1-2-6-7(8)11-4-3-10-6;2-1-3/h1-4,12H,(H,13,14);1H,(H,2,3). The van der Waals surface area contributed by atoms with Crippen LogP contribution < -0.4 is 0 Å². The van der Waals surface area contributed by atoms with E-state index in [-0.39, 0.29) is 23.3 Å². The van der Waals surface area contributed by atoms with Gasteiger partial charge in [-0.15, -0.1) is 0 Å². The molecular weight excluding hydrogens is 228 g/mol. The summed E-state index contributed by atoms with van der Waals surface area (Å²) in [4.78, 5) is 26.8. The van der Waals surface area contributed by atoms with Gasteiger partial charge in [0.1, 0.15) is 11.1 Å². The number of rotatable bonds is 1. The molecule has 17 heavy (non-hydrogen) atoms. The van der Waals surface area contributed by atoms with Crippen LogP contribution in [0.3, 0.4) is 0 Å². The molecule has 88 valence electrons. The predicted molar refractivity (Wildman–Crippen MR) is 56.9 cm³/mol. The second-order valence-corrected chi connectivity index (χ2v) is 2.80. The van der Waals surface area contributed by atoms with Crippen LogP contribution in [0.2, 0.25) is 0 Å². The first kappa shape index (κ1) is 12.4. The topological polar surface area (TPSA) is 121 Å². The van der Waals surface area contributed by atoms with Gasteiger partial charge in [0.25, 0.3) is 6.47 Å². The largest absolute Gasteiger partial charge is 0.505 e. The van der Waals surface area contributed by atoms with Gasteiger partial charge in [-0.3, -0.25) is 9.78 Å². The lowest BCUT2D eigenvalue weighted by atomic mass is 10.1. The normalized spacial score (nSPS) is 9.18. The number of benzene rings is 1. The van der Waals surface area contributed by atoms with E-state index in [0.717, 1.165) is 0 Å². The third-order valence-electron chi connectivity index (χ3n) is 1.84. The second kappa shape index (κ2) is 5.40. The van der Waals surface area contributed by atoms with Crippen molar-refractivity contribution in [3.05, 3.63) is 30.1 Å². The maximum absolute atomic E-state index is 10.7. The van der Waals surface area contributed by atoms with Crippen LogP contribution in [0.5, 0.6) is 5.75 Å². The van der Waals surface area contributed by atoms with Crippen molar-refractivity contribution in [2.45, 2.75) is 0 Å². The number of carboxylic acid groups (broad SMARTS) is 2. The molecule has 0 aliphatic carbocycles. The predicted octanol–water partition coefficient (Wildman–Crippen LogP) is 0.734. The van der Waals surface area contributed by atoms with E-state index in [1.807, 2.05) is 0 Å². The first-order valence-corrected chi connectivity index (χ1v) is 4.35. The van der Waals surface area contributed by atoms with Crippen LogP contribution in [0.25, 0.3) is 11.0 Å². The molecule has 0 spiro atoms. The number of aromatic nitrogens is 2.